The summed E-state index contributed by atoms with van der Waals surface area (Å²) < 4.78 is 1.12. The second-order valence-electron chi connectivity index (χ2n) is 4.57. The monoisotopic (exact) mass is 370 g/mol. The van der Waals surface area contributed by atoms with Crippen molar-refractivity contribution < 1.29 is 0 Å². The van der Waals surface area contributed by atoms with Gasteiger partial charge >= 0.3 is 0 Å². The largest absolute Gasteiger partial charge is 0.309 e. The average molecular weight is 371 g/mol. The van der Waals surface area contributed by atoms with Crippen molar-refractivity contribution in [2.24, 2.45) is 0 Å². The van der Waals surface area contributed by atoms with Gasteiger partial charge in [-0.15, -0.1) is 23.1 Å². The van der Waals surface area contributed by atoms with E-state index in [0.29, 0.717) is 6.04 Å². The van der Waals surface area contributed by atoms with Crippen LogP contribution in [0.3, 0.4) is 0 Å². The van der Waals surface area contributed by atoms with Gasteiger partial charge in [-0.05, 0) is 44.2 Å². The maximum absolute atomic E-state index is 4.53. The molecule has 2 rings (SSSR count). The van der Waals surface area contributed by atoms with Crippen LogP contribution in [0.15, 0.2) is 39.8 Å². The molecule has 5 heteroatoms. The molecule has 0 aliphatic heterocycles. The lowest BCUT2D eigenvalue weighted by Gasteiger charge is -2.09. The molecule has 1 N–H and O–H groups in total. The van der Waals surface area contributed by atoms with Gasteiger partial charge in [-0.2, -0.15) is 0 Å². The molecular weight excluding hydrogens is 352 g/mol. The summed E-state index contributed by atoms with van der Waals surface area (Å²) >= 11 is 7.10. The number of halogens is 1. The summed E-state index contributed by atoms with van der Waals surface area (Å²) in [7, 11) is 0. The first-order chi connectivity index (χ1) is 9.69. The third kappa shape index (κ3) is 4.88. The summed E-state index contributed by atoms with van der Waals surface area (Å²) in [6, 6.07) is 8.82. The van der Waals surface area contributed by atoms with E-state index in [4.69, 9.17) is 0 Å². The van der Waals surface area contributed by atoms with Gasteiger partial charge in [0.25, 0.3) is 0 Å². The number of hydrogen-bond donors (Lipinski definition) is 1. The van der Waals surface area contributed by atoms with Crippen molar-refractivity contribution in [1.82, 2.24) is 10.3 Å². The number of thiazole rings is 1. The van der Waals surface area contributed by atoms with Crippen LogP contribution in [0.4, 0.5) is 0 Å². The number of benzene rings is 1. The summed E-state index contributed by atoms with van der Waals surface area (Å²) in [6.07, 6.45) is 3.17. The van der Waals surface area contributed by atoms with Crippen LogP contribution >= 0.6 is 39.0 Å². The molecular formula is C15H19BrN2S2. The molecule has 2 nitrogen and oxygen atoms in total. The van der Waals surface area contributed by atoms with Crippen LogP contribution < -0.4 is 5.32 Å². The lowest BCUT2D eigenvalue weighted by Crippen LogP contribution is -2.18. The molecule has 0 aliphatic rings. The molecule has 0 radical (unpaired) electrons. The Kier molecular flexibility index (Phi) is 6.55. The highest BCUT2D eigenvalue weighted by Crippen LogP contribution is 2.28. The molecule has 0 spiro atoms. The zero-order chi connectivity index (χ0) is 14.4. The van der Waals surface area contributed by atoms with E-state index in [1.807, 2.05) is 29.3 Å². The highest BCUT2D eigenvalue weighted by molar-refractivity contribution is 9.10. The highest BCUT2D eigenvalue weighted by atomic mass is 79.9. The third-order valence-electron chi connectivity index (χ3n) is 2.87. The quantitative estimate of drug-likeness (QED) is 0.672. The molecule has 0 amide bonds. The predicted octanol–water partition coefficient (Wildman–Crippen LogP) is 5.26. The van der Waals surface area contributed by atoms with E-state index in [2.05, 4.69) is 64.3 Å². The molecule has 0 bridgehead atoms. The molecule has 1 aromatic heterocycles. The lowest BCUT2D eigenvalue weighted by atomic mass is 10.3. The van der Waals surface area contributed by atoms with Gasteiger partial charge < -0.3 is 5.32 Å². The van der Waals surface area contributed by atoms with Gasteiger partial charge in [0.1, 0.15) is 5.01 Å². The third-order valence-corrected chi connectivity index (χ3v) is 5.79. The predicted molar refractivity (Wildman–Crippen MR) is 92.5 cm³/mol. The van der Waals surface area contributed by atoms with E-state index >= 15 is 0 Å². The Morgan fingerprint density at radius 1 is 1.35 bits per heavy atom. The van der Waals surface area contributed by atoms with Gasteiger partial charge in [0.15, 0.2) is 0 Å². The van der Waals surface area contributed by atoms with Crippen molar-refractivity contribution in [2.75, 3.05) is 6.54 Å². The fourth-order valence-corrected chi connectivity index (χ4v) is 3.84. The van der Waals surface area contributed by atoms with E-state index in [1.54, 1.807) is 0 Å². The van der Waals surface area contributed by atoms with Crippen molar-refractivity contribution in [3.05, 3.63) is 44.8 Å². The second-order valence-corrected chi connectivity index (χ2v) is 7.69. The summed E-state index contributed by atoms with van der Waals surface area (Å²) in [5.74, 6) is 0.937. The topological polar surface area (TPSA) is 24.9 Å². The molecule has 20 heavy (non-hydrogen) atoms. The Morgan fingerprint density at radius 3 is 2.80 bits per heavy atom. The van der Waals surface area contributed by atoms with Crippen LogP contribution in [0.1, 0.15) is 36.2 Å². The van der Waals surface area contributed by atoms with Crippen molar-refractivity contribution in [3.8, 4) is 0 Å². The smallest absolute Gasteiger partial charge is 0.103 e. The van der Waals surface area contributed by atoms with E-state index in [0.717, 1.165) is 23.2 Å². The Hall–Kier alpha value is -0.360. The molecule has 0 aliphatic carbocycles. The average Bonchev–Trinajstić information content (AvgIpc) is 2.93. The molecule has 0 saturated heterocycles. The summed E-state index contributed by atoms with van der Waals surface area (Å²) in [5, 5.41) is 4.69. The van der Waals surface area contributed by atoms with Gasteiger partial charge in [-0.1, -0.05) is 22.9 Å². The minimum absolute atomic E-state index is 0.402. The van der Waals surface area contributed by atoms with Crippen LogP contribution in [0.5, 0.6) is 0 Å². The van der Waals surface area contributed by atoms with Gasteiger partial charge in [0.05, 0.1) is 5.75 Å². The first-order valence-electron chi connectivity index (χ1n) is 6.75. The van der Waals surface area contributed by atoms with Crippen molar-refractivity contribution in [3.63, 3.8) is 0 Å². The first-order valence-corrected chi connectivity index (χ1v) is 9.35. The fraction of sp³-hybridized carbons (Fsp3) is 0.400. The minimum atomic E-state index is 0.402. The van der Waals surface area contributed by atoms with E-state index < -0.39 is 0 Å². The number of aromatic nitrogens is 1. The van der Waals surface area contributed by atoms with Crippen LogP contribution in [0, 0.1) is 0 Å². The standard InChI is InChI=1S/C15H19BrN2S2/c1-3-8-17-11(2)14-9-18-15(20-14)10-19-13-6-4-12(16)5-7-13/h4-7,9,11,17H,3,8,10H2,1-2H3. The molecule has 0 saturated carbocycles. The minimum Gasteiger partial charge on any atom is -0.309 e. The van der Waals surface area contributed by atoms with Crippen molar-refractivity contribution in [1.29, 1.82) is 0 Å². The maximum atomic E-state index is 4.53. The van der Waals surface area contributed by atoms with Gasteiger partial charge in [0, 0.05) is 26.5 Å². The van der Waals surface area contributed by atoms with Crippen molar-refractivity contribution >= 4 is 39.0 Å². The van der Waals surface area contributed by atoms with E-state index in [1.165, 1.54) is 14.8 Å². The number of nitrogens with zero attached hydrogens (tertiary/aromatic N) is 1. The van der Waals surface area contributed by atoms with E-state index in [9.17, 15) is 0 Å². The second kappa shape index (κ2) is 8.17. The molecule has 0 fully saturated rings. The molecule has 1 atom stereocenters. The molecule has 1 heterocycles. The molecule has 1 aromatic carbocycles. The van der Waals surface area contributed by atoms with Crippen LogP contribution in [0.2, 0.25) is 0 Å². The Labute approximate surface area is 137 Å². The fourth-order valence-electron chi connectivity index (χ4n) is 1.73. The van der Waals surface area contributed by atoms with Gasteiger partial charge in [0.2, 0.25) is 0 Å². The van der Waals surface area contributed by atoms with Crippen LogP contribution in [-0.4, -0.2) is 11.5 Å². The first kappa shape index (κ1) is 16.0. The maximum Gasteiger partial charge on any atom is 0.103 e. The Balaban J connectivity index is 1.87. The van der Waals surface area contributed by atoms with Crippen molar-refractivity contribution in [2.45, 2.75) is 37.0 Å². The lowest BCUT2D eigenvalue weighted by molar-refractivity contribution is 0.577. The van der Waals surface area contributed by atoms with Gasteiger partial charge in [-0.25, -0.2) is 4.98 Å². The molecule has 2 aromatic rings. The highest BCUT2D eigenvalue weighted by Gasteiger charge is 2.09. The zero-order valence-corrected chi connectivity index (χ0v) is 14.9. The summed E-state index contributed by atoms with van der Waals surface area (Å²) in [5.41, 5.74) is 0. The number of rotatable bonds is 7. The number of hydrogen-bond acceptors (Lipinski definition) is 4. The zero-order valence-electron chi connectivity index (χ0n) is 11.7. The summed E-state index contributed by atoms with van der Waals surface area (Å²) in [6.45, 7) is 5.45. The summed E-state index contributed by atoms with van der Waals surface area (Å²) in [4.78, 5) is 7.13. The van der Waals surface area contributed by atoms with Crippen LogP contribution in [-0.2, 0) is 5.75 Å². The molecule has 1 unspecified atom stereocenters. The molecule has 108 valence electrons. The number of nitrogens with one attached hydrogen (secondary N) is 1. The van der Waals surface area contributed by atoms with Crippen LogP contribution in [0.25, 0.3) is 0 Å². The Bertz CT molecular complexity index is 525. The number of thioether (sulfide) groups is 1. The SMILES string of the molecule is CCCNC(C)c1cnc(CSc2ccc(Br)cc2)s1. The van der Waals surface area contributed by atoms with Gasteiger partial charge in [-0.3, -0.25) is 0 Å². The normalized spacial score (nSPS) is 12.6. The Morgan fingerprint density at radius 2 is 2.10 bits per heavy atom. The van der Waals surface area contributed by atoms with E-state index in [-0.39, 0.29) is 0 Å².